The molecule has 0 atom stereocenters. The number of halogens is 5. The van der Waals surface area contributed by atoms with Crippen LogP contribution in [0.1, 0.15) is 29.8 Å². The molecule has 40 heavy (non-hydrogen) atoms. The molecule has 2 aromatic heterocycles. The van der Waals surface area contributed by atoms with Gasteiger partial charge in [-0.15, -0.1) is 0 Å². The Morgan fingerprint density at radius 2 is 1.70 bits per heavy atom. The second-order valence-corrected chi connectivity index (χ2v) is 10.0. The molecule has 14 heteroatoms. The smallest absolute Gasteiger partial charge is 0.332 e. The highest BCUT2D eigenvalue weighted by Crippen LogP contribution is 2.41. The molecule has 4 aromatic rings. The van der Waals surface area contributed by atoms with Crippen LogP contribution in [0.5, 0.6) is 5.75 Å². The van der Waals surface area contributed by atoms with Gasteiger partial charge < -0.3 is 9.64 Å². The number of anilines is 1. The Kier molecular flexibility index (Phi) is 6.15. The van der Waals surface area contributed by atoms with E-state index in [9.17, 15) is 31.5 Å². The first kappa shape index (κ1) is 26.0. The van der Waals surface area contributed by atoms with Gasteiger partial charge in [-0.05, 0) is 23.8 Å². The number of hydrogen-bond donors (Lipinski definition) is 0. The van der Waals surface area contributed by atoms with Crippen molar-refractivity contribution in [1.82, 2.24) is 23.9 Å². The molecule has 2 aromatic carbocycles. The lowest BCUT2D eigenvalue weighted by atomic mass is 10.0. The summed E-state index contributed by atoms with van der Waals surface area (Å²) >= 11 is 0. The number of benzene rings is 2. The average Bonchev–Trinajstić information content (AvgIpc) is 3.56. The van der Waals surface area contributed by atoms with Crippen molar-refractivity contribution in [1.29, 1.82) is 0 Å². The normalized spacial score (nSPS) is 16.4. The Balaban J connectivity index is 1.59. The maximum Gasteiger partial charge on any atom is 0.332 e. The Bertz CT molecular complexity index is 1750. The number of ether oxygens (including phenoxy) is 1. The van der Waals surface area contributed by atoms with E-state index >= 15 is 0 Å². The van der Waals surface area contributed by atoms with Crippen LogP contribution in [0.4, 0.5) is 27.6 Å². The van der Waals surface area contributed by atoms with Crippen molar-refractivity contribution < 1.29 is 26.7 Å². The zero-order valence-electron chi connectivity index (χ0n) is 21.3. The number of hydrogen-bond acceptors (Lipinski definition) is 6. The third kappa shape index (κ3) is 4.40. The molecule has 0 aliphatic carbocycles. The topological polar surface area (TPSA) is 87.2 Å². The van der Waals surface area contributed by atoms with Crippen molar-refractivity contribution in [3.8, 4) is 5.75 Å². The highest BCUT2D eigenvalue weighted by Gasteiger charge is 2.36. The van der Waals surface area contributed by atoms with Crippen molar-refractivity contribution in [2.75, 3.05) is 24.6 Å². The Morgan fingerprint density at radius 1 is 1.00 bits per heavy atom. The van der Waals surface area contributed by atoms with Gasteiger partial charge in [-0.25, -0.2) is 31.7 Å². The summed E-state index contributed by atoms with van der Waals surface area (Å²) in [4.78, 5) is 33.4. The van der Waals surface area contributed by atoms with E-state index in [-0.39, 0.29) is 67.1 Å². The second kappa shape index (κ2) is 9.45. The van der Waals surface area contributed by atoms with Gasteiger partial charge in [0.2, 0.25) is 0 Å². The third-order valence-electron chi connectivity index (χ3n) is 7.32. The van der Waals surface area contributed by atoms with Crippen LogP contribution in [0.3, 0.4) is 0 Å². The number of aromatic nitrogens is 5. The fourth-order valence-electron chi connectivity index (χ4n) is 5.35. The van der Waals surface area contributed by atoms with E-state index < -0.39 is 41.2 Å². The van der Waals surface area contributed by atoms with Crippen LogP contribution >= 0.6 is 0 Å². The maximum absolute atomic E-state index is 14.1. The summed E-state index contributed by atoms with van der Waals surface area (Å²) in [6, 6.07) is 3.10. The van der Waals surface area contributed by atoms with Crippen molar-refractivity contribution in [2.45, 2.75) is 38.3 Å². The van der Waals surface area contributed by atoms with Crippen LogP contribution in [-0.4, -0.2) is 49.5 Å². The Hall–Kier alpha value is -4.23. The van der Waals surface area contributed by atoms with Gasteiger partial charge in [-0.1, -0.05) is 0 Å². The number of piperidine rings is 1. The van der Waals surface area contributed by atoms with Crippen molar-refractivity contribution in [2.24, 2.45) is 7.05 Å². The van der Waals surface area contributed by atoms with Gasteiger partial charge in [-0.2, -0.15) is 5.10 Å². The molecule has 0 unspecified atom stereocenters. The quantitative estimate of drug-likeness (QED) is 0.275. The van der Waals surface area contributed by atoms with Crippen LogP contribution in [0, 0.1) is 17.5 Å². The molecule has 0 N–H and O–H groups in total. The highest BCUT2D eigenvalue weighted by molar-refractivity contribution is 5.92. The number of aryl methyl sites for hydroxylation is 1. The zero-order chi connectivity index (χ0) is 28.3. The van der Waals surface area contributed by atoms with E-state index in [0.717, 1.165) is 21.3 Å². The number of fused-ring (bicyclic) bond motifs is 3. The molecule has 0 radical (unpaired) electrons. The zero-order valence-corrected chi connectivity index (χ0v) is 21.3. The Labute approximate surface area is 223 Å². The fraction of sp³-hybridized carbons (Fsp3) is 0.385. The summed E-state index contributed by atoms with van der Waals surface area (Å²) in [6.07, 6.45) is 1.10. The van der Waals surface area contributed by atoms with Crippen LogP contribution in [0.25, 0.3) is 10.9 Å². The molecule has 210 valence electrons. The summed E-state index contributed by atoms with van der Waals surface area (Å²) in [5.41, 5.74) is -0.288. The molecule has 1 saturated heterocycles. The van der Waals surface area contributed by atoms with Crippen LogP contribution < -0.4 is 20.9 Å². The standard InChI is InChI=1S/C26H23F5N6O3/c1-34-13-32-20(33-34)12-37-24(38)21-19(36(25(37)39)11-14-8-16(27)22(29)17(28)9-14)10-18(15-2-7-40-23(15)21)35-5-3-26(30,31)4-6-35/h8-10,13H,2-7,11-12H2,1H3. The van der Waals surface area contributed by atoms with Gasteiger partial charge >= 0.3 is 5.69 Å². The second-order valence-electron chi connectivity index (χ2n) is 10.0. The van der Waals surface area contributed by atoms with Crippen molar-refractivity contribution >= 4 is 16.6 Å². The maximum atomic E-state index is 14.1. The van der Waals surface area contributed by atoms with Crippen LogP contribution in [0.15, 0.2) is 34.1 Å². The van der Waals surface area contributed by atoms with E-state index in [2.05, 4.69) is 10.1 Å². The average molecular weight is 562 g/mol. The van der Waals surface area contributed by atoms with Gasteiger partial charge in [0.15, 0.2) is 23.3 Å². The van der Waals surface area contributed by atoms with E-state index in [0.29, 0.717) is 17.7 Å². The predicted octanol–water partition coefficient (Wildman–Crippen LogP) is 2.98. The Morgan fingerprint density at radius 3 is 2.35 bits per heavy atom. The monoisotopic (exact) mass is 562 g/mol. The first-order chi connectivity index (χ1) is 19.0. The molecule has 2 aliphatic rings. The van der Waals surface area contributed by atoms with E-state index in [1.807, 2.05) is 0 Å². The fourth-order valence-corrected chi connectivity index (χ4v) is 5.35. The molecule has 0 spiro atoms. The van der Waals surface area contributed by atoms with E-state index in [1.54, 1.807) is 18.0 Å². The summed E-state index contributed by atoms with van der Waals surface area (Å²) in [7, 11) is 1.62. The third-order valence-corrected chi connectivity index (χ3v) is 7.32. The van der Waals surface area contributed by atoms with E-state index in [4.69, 9.17) is 4.74 Å². The molecule has 4 heterocycles. The van der Waals surface area contributed by atoms with Crippen molar-refractivity contribution in [3.05, 3.63) is 79.8 Å². The summed E-state index contributed by atoms with van der Waals surface area (Å²) in [6.45, 7) is -0.383. The summed E-state index contributed by atoms with van der Waals surface area (Å²) in [5, 5.41) is 4.18. The molecule has 9 nitrogen and oxygen atoms in total. The predicted molar refractivity (Wildman–Crippen MR) is 134 cm³/mol. The van der Waals surface area contributed by atoms with Crippen molar-refractivity contribution in [3.63, 3.8) is 0 Å². The highest BCUT2D eigenvalue weighted by atomic mass is 19.3. The minimum Gasteiger partial charge on any atom is -0.492 e. The molecule has 0 bridgehead atoms. The largest absolute Gasteiger partial charge is 0.492 e. The van der Waals surface area contributed by atoms with Gasteiger partial charge in [0.1, 0.15) is 17.5 Å². The minimum atomic E-state index is -2.79. The van der Waals surface area contributed by atoms with Gasteiger partial charge in [0.25, 0.3) is 11.5 Å². The molecule has 0 amide bonds. The van der Waals surface area contributed by atoms with Gasteiger partial charge in [0.05, 0.1) is 25.2 Å². The molecular formula is C26H23F5N6O3. The first-order valence-corrected chi connectivity index (χ1v) is 12.6. The summed E-state index contributed by atoms with van der Waals surface area (Å²) in [5.74, 6) is -6.91. The number of rotatable bonds is 5. The summed E-state index contributed by atoms with van der Waals surface area (Å²) < 4.78 is 78.9. The molecule has 1 fully saturated rings. The van der Waals surface area contributed by atoms with Crippen LogP contribution in [0.2, 0.25) is 0 Å². The minimum absolute atomic E-state index is 0.0476. The lowest BCUT2D eigenvalue weighted by Crippen LogP contribution is -2.42. The SMILES string of the molecule is Cn1cnc(Cn2c(=O)c3c4c(c(N5CCC(F)(F)CC5)cc3n(Cc3cc(F)c(F)c(F)c3)c2=O)CCO4)n1. The molecule has 2 aliphatic heterocycles. The van der Waals surface area contributed by atoms with Gasteiger partial charge in [0, 0.05) is 50.7 Å². The molecule has 0 saturated carbocycles. The molecule has 6 rings (SSSR count). The number of alkyl halides is 2. The lowest BCUT2D eigenvalue weighted by Gasteiger charge is -2.34. The first-order valence-electron chi connectivity index (χ1n) is 12.6. The van der Waals surface area contributed by atoms with E-state index in [1.165, 1.54) is 11.0 Å². The molecular weight excluding hydrogens is 539 g/mol. The van der Waals surface area contributed by atoms with Crippen LogP contribution in [-0.2, 0) is 26.6 Å². The number of nitrogens with zero attached hydrogens (tertiary/aromatic N) is 6. The van der Waals surface area contributed by atoms with Gasteiger partial charge in [-0.3, -0.25) is 18.6 Å². The lowest BCUT2D eigenvalue weighted by molar-refractivity contribution is -0.0220.